The number of halogens is 4. The third-order valence-corrected chi connectivity index (χ3v) is 5.50. The summed E-state index contributed by atoms with van der Waals surface area (Å²) in [7, 11) is 0. The van der Waals surface area contributed by atoms with Gasteiger partial charge in [-0.3, -0.25) is 4.79 Å². The van der Waals surface area contributed by atoms with E-state index in [0.717, 1.165) is 16.7 Å². The summed E-state index contributed by atoms with van der Waals surface area (Å²) in [6.07, 6.45) is 8.09. The molecule has 1 aliphatic heterocycles. The topological polar surface area (TPSA) is 101 Å². The molecule has 0 radical (unpaired) electrons. The lowest BCUT2D eigenvalue weighted by atomic mass is 10.1. The number of para-hydroxylation sites is 1. The summed E-state index contributed by atoms with van der Waals surface area (Å²) in [6, 6.07) is 3.86. The molecular weight excluding hydrogens is 485 g/mol. The van der Waals surface area contributed by atoms with E-state index in [1.54, 1.807) is 36.4 Å². The van der Waals surface area contributed by atoms with Crippen LogP contribution in [0.5, 0.6) is 0 Å². The number of hydrogen-bond donors (Lipinski definition) is 2. The second kappa shape index (κ2) is 10.6. The quantitative estimate of drug-likeness (QED) is 0.432. The highest BCUT2D eigenvalue weighted by Crippen LogP contribution is 2.27. The number of amides is 1. The highest BCUT2D eigenvalue weighted by atomic mass is 35.5. The van der Waals surface area contributed by atoms with Gasteiger partial charge < -0.3 is 15.5 Å². The zero-order valence-corrected chi connectivity index (χ0v) is 19.0. The molecule has 0 fully saturated rings. The number of alkyl halides is 2. The molecule has 0 aliphatic carbocycles. The third kappa shape index (κ3) is 5.77. The Hall–Kier alpha value is -3.93. The number of rotatable bonds is 9. The van der Waals surface area contributed by atoms with Gasteiger partial charge in [-0.25, -0.2) is 14.1 Å². The number of aromatic nitrogens is 5. The maximum Gasteiger partial charge on any atom is 0.342 e. The molecule has 0 bridgehead atoms. The van der Waals surface area contributed by atoms with Gasteiger partial charge in [0.25, 0.3) is 0 Å². The smallest absolute Gasteiger partial charge is 0.342 e. The van der Waals surface area contributed by atoms with Crippen LogP contribution < -0.4 is 10.6 Å². The van der Waals surface area contributed by atoms with Crippen LogP contribution >= 0.6 is 11.6 Å². The monoisotopic (exact) mass is 504 g/mol. The number of nitrogens with zero attached hydrogens (tertiary/aromatic N) is 6. The second-order valence-electron chi connectivity index (χ2n) is 7.53. The average molecular weight is 505 g/mol. The molecule has 2 N–H and O–H groups in total. The van der Waals surface area contributed by atoms with Gasteiger partial charge in [0.15, 0.2) is 11.6 Å². The molecule has 0 unspecified atom stereocenters. The van der Waals surface area contributed by atoms with E-state index in [0.29, 0.717) is 5.69 Å². The first kappa shape index (κ1) is 24.2. The van der Waals surface area contributed by atoms with Gasteiger partial charge in [0.1, 0.15) is 12.9 Å². The van der Waals surface area contributed by atoms with Crippen LogP contribution in [-0.2, 0) is 17.8 Å². The van der Waals surface area contributed by atoms with Crippen LogP contribution in [0.1, 0.15) is 11.1 Å². The Labute approximate surface area is 203 Å². The van der Waals surface area contributed by atoms with Crippen molar-refractivity contribution in [1.82, 2.24) is 35.4 Å². The number of allylic oxidation sites excluding steroid dienone is 2. The Balaban J connectivity index is 1.41. The van der Waals surface area contributed by atoms with Gasteiger partial charge in [0.05, 0.1) is 17.1 Å². The number of pyridine rings is 1. The molecule has 182 valence electrons. The molecule has 0 saturated carbocycles. The molecular formula is C22H20ClF3N8O. The lowest BCUT2D eigenvalue weighted by Gasteiger charge is -2.30. The lowest BCUT2D eigenvalue weighted by molar-refractivity contribution is -0.120. The van der Waals surface area contributed by atoms with Crippen LogP contribution in [0.3, 0.4) is 0 Å². The number of anilines is 1. The van der Waals surface area contributed by atoms with Crippen molar-refractivity contribution in [3.05, 3.63) is 83.2 Å². The number of nitrogens with one attached hydrogen (secondary N) is 2. The van der Waals surface area contributed by atoms with E-state index >= 15 is 4.39 Å². The predicted octanol–water partition coefficient (Wildman–Crippen LogP) is 3.10. The van der Waals surface area contributed by atoms with Gasteiger partial charge in [-0.2, -0.15) is 8.78 Å². The van der Waals surface area contributed by atoms with Crippen LogP contribution in [-0.4, -0.2) is 55.1 Å². The maximum absolute atomic E-state index is 15.0. The van der Waals surface area contributed by atoms with Gasteiger partial charge in [0.2, 0.25) is 5.91 Å². The molecule has 0 saturated heterocycles. The summed E-state index contributed by atoms with van der Waals surface area (Å²) in [5.74, 6) is -1.91. The number of carbonyl (C=O) groups excluding carboxylic acids is 1. The van der Waals surface area contributed by atoms with Crippen molar-refractivity contribution >= 4 is 23.3 Å². The maximum atomic E-state index is 15.0. The van der Waals surface area contributed by atoms with Gasteiger partial charge in [-0.1, -0.05) is 42.0 Å². The fraction of sp³-hybridized carbons (Fsp3) is 0.227. The Kier molecular flexibility index (Phi) is 7.30. The minimum Gasteiger partial charge on any atom is -0.360 e. The second-order valence-corrected chi connectivity index (χ2v) is 7.93. The van der Waals surface area contributed by atoms with E-state index in [1.165, 1.54) is 23.3 Å². The number of hydrogen-bond acceptors (Lipinski definition) is 7. The van der Waals surface area contributed by atoms with Crippen molar-refractivity contribution in [3.8, 4) is 5.69 Å². The molecule has 3 aromatic rings. The summed E-state index contributed by atoms with van der Waals surface area (Å²) in [6.45, 7) is -0.756. The molecule has 1 amide bonds. The van der Waals surface area contributed by atoms with Crippen molar-refractivity contribution in [3.63, 3.8) is 0 Å². The minimum absolute atomic E-state index is 0.0175. The highest BCUT2D eigenvalue weighted by Gasteiger charge is 2.35. The largest absolute Gasteiger partial charge is 0.360 e. The molecule has 0 atom stereocenters. The summed E-state index contributed by atoms with van der Waals surface area (Å²) < 4.78 is 45.3. The number of carbonyl (C=O) groups is 1. The van der Waals surface area contributed by atoms with Crippen molar-refractivity contribution < 1.29 is 18.0 Å². The summed E-state index contributed by atoms with van der Waals surface area (Å²) in [5.41, 5.74) is 1.23. The fourth-order valence-electron chi connectivity index (χ4n) is 3.36. The molecule has 4 rings (SSSR count). The fourth-order valence-corrected chi connectivity index (χ4v) is 3.56. The van der Waals surface area contributed by atoms with Crippen molar-refractivity contribution in [2.45, 2.75) is 19.0 Å². The summed E-state index contributed by atoms with van der Waals surface area (Å²) in [4.78, 5) is 17.1. The number of tetrazole rings is 1. The molecule has 35 heavy (non-hydrogen) atoms. The molecule has 13 heteroatoms. The van der Waals surface area contributed by atoms with E-state index in [1.807, 2.05) is 0 Å². The third-order valence-electron chi connectivity index (χ3n) is 5.17. The molecule has 0 spiro atoms. The van der Waals surface area contributed by atoms with Gasteiger partial charge in [0, 0.05) is 31.0 Å². The van der Waals surface area contributed by atoms with Crippen molar-refractivity contribution in [2.75, 3.05) is 18.4 Å². The normalized spacial score (nSPS) is 13.2. The van der Waals surface area contributed by atoms with Crippen LogP contribution in [0.2, 0.25) is 5.02 Å². The lowest BCUT2D eigenvalue weighted by Crippen LogP contribution is -2.44. The summed E-state index contributed by atoms with van der Waals surface area (Å²) >= 11 is 6.06. The summed E-state index contributed by atoms with van der Waals surface area (Å²) in [5, 5.41) is 16.0. The molecule has 9 nitrogen and oxygen atoms in total. The SMILES string of the molecule is O=C(Cc1c(Cl)cnc(NCC(F)(F)N2C=CC=CC2)c1F)NCc1ccccc1-n1cnnn1. The molecule has 2 aromatic heterocycles. The Morgan fingerprint density at radius 2 is 2.06 bits per heavy atom. The van der Waals surface area contributed by atoms with Gasteiger partial charge in [-0.05, 0) is 28.1 Å². The molecule has 1 aliphatic rings. The van der Waals surface area contributed by atoms with Gasteiger partial charge in [-0.15, -0.1) is 5.10 Å². The Morgan fingerprint density at radius 3 is 2.80 bits per heavy atom. The zero-order chi connectivity index (χ0) is 24.8. The number of benzene rings is 1. The van der Waals surface area contributed by atoms with E-state index in [4.69, 9.17) is 11.6 Å². The van der Waals surface area contributed by atoms with Crippen molar-refractivity contribution in [2.24, 2.45) is 0 Å². The van der Waals surface area contributed by atoms with Gasteiger partial charge >= 0.3 is 6.05 Å². The predicted molar refractivity (Wildman–Crippen MR) is 122 cm³/mol. The first-order valence-corrected chi connectivity index (χ1v) is 10.9. The average Bonchev–Trinajstić information content (AvgIpc) is 3.40. The standard InChI is InChI=1S/C22H20ClF3N8O/c23-17-12-28-21(29-13-22(25,26)33-8-4-1-5-9-33)20(24)16(17)10-19(35)27-11-15-6-2-3-7-18(15)34-14-30-31-32-34/h1-8,12,14H,9-11,13H2,(H,27,35)(H,28,29). The first-order valence-electron chi connectivity index (χ1n) is 10.5. The van der Waals surface area contributed by atoms with E-state index in [-0.39, 0.29) is 23.7 Å². The van der Waals surface area contributed by atoms with E-state index in [2.05, 4.69) is 31.1 Å². The molecule has 1 aromatic carbocycles. The first-order chi connectivity index (χ1) is 16.8. The minimum atomic E-state index is -3.29. The van der Waals surface area contributed by atoms with Crippen LogP contribution in [0, 0.1) is 5.82 Å². The van der Waals surface area contributed by atoms with Crippen LogP contribution in [0.15, 0.2) is 61.2 Å². The highest BCUT2D eigenvalue weighted by molar-refractivity contribution is 6.31. The van der Waals surface area contributed by atoms with E-state index in [9.17, 15) is 13.6 Å². The van der Waals surface area contributed by atoms with Crippen LogP contribution in [0.4, 0.5) is 19.0 Å². The van der Waals surface area contributed by atoms with E-state index < -0.39 is 36.6 Å². The van der Waals surface area contributed by atoms with Crippen molar-refractivity contribution in [1.29, 1.82) is 0 Å². The molecule has 3 heterocycles. The van der Waals surface area contributed by atoms with Crippen LogP contribution in [0.25, 0.3) is 5.69 Å². The Morgan fingerprint density at radius 1 is 1.23 bits per heavy atom. The Bertz CT molecular complexity index is 1250. The zero-order valence-electron chi connectivity index (χ0n) is 18.2.